The predicted molar refractivity (Wildman–Crippen MR) is 74.5 cm³/mol. The summed E-state index contributed by atoms with van der Waals surface area (Å²) in [6.45, 7) is 4.08. The zero-order valence-corrected chi connectivity index (χ0v) is 12.0. The van der Waals surface area contributed by atoms with Crippen molar-refractivity contribution >= 4 is 5.91 Å². The van der Waals surface area contributed by atoms with Gasteiger partial charge in [0.2, 0.25) is 5.91 Å². The third-order valence-corrected chi connectivity index (χ3v) is 3.99. The molecule has 0 fully saturated rings. The summed E-state index contributed by atoms with van der Waals surface area (Å²) in [7, 11) is 1.96. The van der Waals surface area contributed by atoms with Crippen molar-refractivity contribution in [3.8, 4) is 0 Å². The largest absolute Gasteiger partial charge is 0.349 e. The molecule has 1 aliphatic carbocycles. The maximum atomic E-state index is 12.0. The van der Waals surface area contributed by atoms with Crippen LogP contribution >= 0.6 is 0 Å². The van der Waals surface area contributed by atoms with Crippen molar-refractivity contribution in [1.29, 1.82) is 0 Å². The molecule has 2 atom stereocenters. The normalized spacial score (nSPS) is 20.2. The summed E-state index contributed by atoms with van der Waals surface area (Å²) < 4.78 is 1.91. The number of hydrogen-bond donors (Lipinski definition) is 2. The second-order valence-corrected chi connectivity index (χ2v) is 5.79. The zero-order valence-electron chi connectivity index (χ0n) is 12.0. The van der Waals surface area contributed by atoms with Crippen LogP contribution < -0.4 is 11.1 Å². The predicted octanol–water partition coefficient (Wildman–Crippen LogP) is 1.29. The van der Waals surface area contributed by atoms with E-state index in [9.17, 15) is 4.79 Å². The summed E-state index contributed by atoms with van der Waals surface area (Å²) in [4.78, 5) is 12.0. The molecule has 0 aliphatic heterocycles. The number of nitrogens with zero attached hydrogens (tertiary/aromatic N) is 2. The summed E-state index contributed by atoms with van der Waals surface area (Å²) >= 11 is 0. The van der Waals surface area contributed by atoms with E-state index in [1.807, 2.05) is 31.8 Å². The maximum Gasteiger partial charge on any atom is 0.222 e. The van der Waals surface area contributed by atoms with Gasteiger partial charge in [-0.15, -0.1) is 0 Å². The molecule has 106 valence electrons. The Labute approximate surface area is 114 Å². The molecule has 1 aliphatic rings. The molecule has 0 radical (unpaired) electrons. The molecule has 1 aromatic rings. The minimum absolute atomic E-state index is 0.0444. The Bertz CT molecular complexity index is 452. The summed E-state index contributed by atoms with van der Waals surface area (Å²) in [5.74, 6) is 0.369. The standard InChI is InChI=1S/C14H24N4O/c1-9(2)11(15)7-14(19)17-12-5-4-6-13-10(12)8-16-18(13)3/h8-9,11-12H,4-7,15H2,1-3H3,(H,17,19). The zero-order chi connectivity index (χ0) is 14.0. The van der Waals surface area contributed by atoms with Gasteiger partial charge in [0.15, 0.2) is 0 Å². The number of aromatic nitrogens is 2. The minimum atomic E-state index is -0.0723. The molecule has 0 saturated heterocycles. The molecule has 2 rings (SSSR count). The molecular formula is C14H24N4O. The van der Waals surface area contributed by atoms with Gasteiger partial charge in [-0.25, -0.2) is 0 Å². The van der Waals surface area contributed by atoms with E-state index in [4.69, 9.17) is 5.73 Å². The fraction of sp³-hybridized carbons (Fsp3) is 0.714. The number of nitrogens with one attached hydrogen (secondary N) is 1. The molecule has 3 N–H and O–H groups in total. The van der Waals surface area contributed by atoms with Gasteiger partial charge < -0.3 is 11.1 Å². The average Bonchev–Trinajstić information content (AvgIpc) is 2.72. The molecule has 2 unspecified atom stereocenters. The summed E-state index contributed by atoms with van der Waals surface area (Å²) in [5, 5.41) is 7.39. The van der Waals surface area contributed by atoms with Crippen LogP contribution in [-0.2, 0) is 18.3 Å². The lowest BCUT2D eigenvalue weighted by atomic mass is 9.92. The van der Waals surface area contributed by atoms with Gasteiger partial charge in [-0.1, -0.05) is 13.8 Å². The topological polar surface area (TPSA) is 72.9 Å². The summed E-state index contributed by atoms with van der Waals surface area (Å²) in [6.07, 6.45) is 5.39. The van der Waals surface area contributed by atoms with Gasteiger partial charge in [0.25, 0.3) is 0 Å². The number of nitrogens with two attached hydrogens (primary N) is 1. The van der Waals surface area contributed by atoms with Gasteiger partial charge in [0.1, 0.15) is 0 Å². The fourth-order valence-electron chi connectivity index (χ4n) is 2.56. The molecule has 0 spiro atoms. The molecule has 0 saturated carbocycles. The molecule has 19 heavy (non-hydrogen) atoms. The lowest BCUT2D eigenvalue weighted by Gasteiger charge is -2.25. The number of rotatable bonds is 4. The monoisotopic (exact) mass is 264 g/mol. The van der Waals surface area contributed by atoms with Gasteiger partial charge >= 0.3 is 0 Å². The van der Waals surface area contributed by atoms with Crippen LogP contribution in [0.25, 0.3) is 0 Å². The Kier molecular flexibility index (Phi) is 4.24. The Morgan fingerprint density at radius 2 is 2.37 bits per heavy atom. The molecular weight excluding hydrogens is 240 g/mol. The average molecular weight is 264 g/mol. The van der Waals surface area contributed by atoms with Crippen molar-refractivity contribution < 1.29 is 4.79 Å². The Hall–Kier alpha value is -1.36. The van der Waals surface area contributed by atoms with Crippen molar-refractivity contribution in [3.63, 3.8) is 0 Å². The van der Waals surface area contributed by atoms with Crippen LogP contribution in [0, 0.1) is 5.92 Å². The van der Waals surface area contributed by atoms with Gasteiger partial charge in [-0.3, -0.25) is 9.48 Å². The highest BCUT2D eigenvalue weighted by molar-refractivity contribution is 5.77. The van der Waals surface area contributed by atoms with Gasteiger partial charge in [-0.05, 0) is 25.2 Å². The third-order valence-electron chi connectivity index (χ3n) is 3.99. The highest BCUT2D eigenvalue weighted by Crippen LogP contribution is 2.29. The van der Waals surface area contributed by atoms with E-state index >= 15 is 0 Å². The molecule has 0 aromatic carbocycles. The SMILES string of the molecule is CC(C)C(N)CC(=O)NC1CCCc2c1cnn2C. The number of fused-ring (bicyclic) bond motifs is 1. The number of aryl methyl sites for hydroxylation is 1. The van der Waals surface area contributed by atoms with Gasteiger partial charge in [-0.2, -0.15) is 5.10 Å². The van der Waals surface area contributed by atoms with E-state index in [1.165, 1.54) is 11.3 Å². The van der Waals surface area contributed by atoms with Crippen molar-refractivity contribution in [2.45, 2.75) is 51.6 Å². The van der Waals surface area contributed by atoms with E-state index in [-0.39, 0.29) is 18.0 Å². The highest BCUT2D eigenvalue weighted by atomic mass is 16.1. The Balaban J connectivity index is 1.99. The summed E-state index contributed by atoms with van der Waals surface area (Å²) in [5.41, 5.74) is 8.35. The molecule has 5 nitrogen and oxygen atoms in total. The number of carbonyl (C=O) groups is 1. The lowest BCUT2D eigenvalue weighted by molar-refractivity contribution is -0.122. The third kappa shape index (κ3) is 3.15. The van der Waals surface area contributed by atoms with Crippen LogP contribution in [0.5, 0.6) is 0 Å². The Morgan fingerprint density at radius 3 is 3.05 bits per heavy atom. The van der Waals surface area contributed by atoms with Crippen LogP contribution in [0.4, 0.5) is 0 Å². The molecule has 0 bridgehead atoms. The quantitative estimate of drug-likeness (QED) is 0.860. The first kappa shape index (κ1) is 14.1. The number of carbonyl (C=O) groups excluding carboxylic acids is 1. The minimum Gasteiger partial charge on any atom is -0.349 e. The second-order valence-electron chi connectivity index (χ2n) is 5.79. The van der Waals surface area contributed by atoms with Crippen LogP contribution in [0.15, 0.2) is 6.20 Å². The molecule has 1 aromatic heterocycles. The molecule has 1 heterocycles. The summed E-state index contributed by atoms with van der Waals surface area (Å²) in [6, 6.07) is 0.0290. The highest BCUT2D eigenvalue weighted by Gasteiger charge is 2.25. The van der Waals surface area contributed by atoms with Crippen molar-refractivity contribution in [3.05, 3.63) is 17.5 Å². The van der Waals surface area contributed by atoms with E-state index in [0.717, 1.165) is 19.3 Å². The first-order valence-electron chi connectivity index (χ1n) is 7.04. The first-order valence-corrected chi connectivity index (χ1v) is 7.04. The van der Waals surface area contributed by atoms with Crippen molar-refractivity contribution in [1.82, 2.24) is 15.1 Å². The Morgan fingerprint density at radius 1 is 1.63 bits per heavy atom. The van der Waals surface area contributed by atoms with Gasteiger partial charge in [0, 0.05) is 30.8 Å². The molecule has 1 amide bonds. The first-order chi connectivity index (χ1) is 8.99. The number of amides is 1. The number of hydrogen-bond acceptors (Lipinski definition) is 3. The van der Waals surface area contributed by atoms with Crippen molar-refractivity contribution in [2.75, 3.05) is 0 Å². The molecule has 5 heteroatoms. The van der Waals surface area contributed by atoms with E-state index < -0.39 is 0 Å². The van der Waals surface area contributed by atoms with E-state index in [0.29, 0.717) is 12.3 Å². The van der Waals surface area contributed by atoms with Crippen LogP contribution in [-0.4, -0.2) is 21.7 Å². The van der Waals surface area contributed by atoms with Crippen LogP contribution in [0.1, 0.15) is 50.4 Å². The smallest absolute Gasteiger partial charge is 0.222 e. The van der Waals surface area contributed by atoms with Crippen LogP contribution in [0.2, 0.25) is 0 Å². The fourth-order valence-corrected chi connectivity index (χ4v) is 2.56. The van der Waals surface area contributed by atoms with Gasteiger partial charge in [0.05, 0.1) is 12.2 Å². The second kappa shape index (κ2) is 5.74. The van der Waals surface area contributed by atoms with Crippen molar-refractivity contribution in [2.24, 2.45) is 18.7 Å². The van der Waals surface area contributed by atoms with E-state index in [2.05, 4.69) is 10.4 Å². The van der Waals surface area contributed by atoms with Crippen LogP contribution in [0.3, 0.4) is 0 Å². The maximum absolute atomic E-state index is 12.0. The lowest BCUT2D eigenvalue weighted by Crippen LogP contribution is -2.37. The van der Waals surface area contributed by atoms with E-state index in [1.54, 1.807) is 0 Å².